The van der Waals surface area contributed by atoms with Crippen molar-refractivity contribution >= 4 is 27.4 Å². The van der Waals surface area contributed by atoms with Gasteiger partial charge in [0, 0.05) is 19.3 Å². The van der Waals surface area contributed by atoms with E-state index in [2.05, 4.69) is 10.0 Å². The molecule has 0 aliphatic carbocycles. The minimum absolute atomic E-state index is 0.0573. The van der Waals surface area contributed by atoms with Crippen molar-refractivity contribution in [3.05, 3.63) is 18.2 Å². The van der Waals surface area contributed by atoms with Crippen molar-refractivity contribution in [1.29, 1.82) is 0 Å². The number of methoxy groups -OCH3 is 2. The number of hydrogen-bond donors (Lipinski definition) is 2. The number of carbonyl (C=O) groups is 1. The summed E-state index contributed by atoms with van der Waals surface area (Å²) >= 11 is 0. The number of nitrogens with one attached hydrogen (secondary N) is 2. The molecular weight excluding hydrogens is 334 g/mol. The molecule has 0 bridgehead atoms. The molecule has 24 heavy (non-hydrogen) atoms. The van der Waals surface area contributed by atoms with Gasteiger partial charge in [-0.05, 0) is 31.0 Å². The summed E-state index contributed by atoms with van der Waals surface area (Å²) in [7, 11) is -0.399. The lowest BCUT2D eigenvalue weighted by molar-refractivity contribution is 0.128. The smallest absolute Gasteiger partial charge is 0.322 e. The van der Waals surface area contributed by atoms with Gasteiger partial charge in [-0.2, -0.15) is 0 Å². The van der Waals surface area contributed by atoms with E-state index in [0.717, 1.165) is 19.1 Å². The molecule has 1 aliphatic heterocycles. The quantitative estimate of drug-likeness (QED) is 0.808. The first-order chi connectivity index (χ1) is 11.3. The third-order valence-electron chi connectivity index (χ3n) is 3.74. The standard InChI is InChI=1S/C15H23N3O5S/c1-22-10-12-5-4-8-18(12)15(19)16-11-6-7-14(23-2)13(9-11)17-24(3,20)21/h6-7,9,12,17H,4-5,8,10H2,1-3H3,(H,16,19)/t12-/m0/s1. The molecule has 1 fully saturated rings. The van der Waals surface area contributed by atoms with Crippen LogP contribution in [0.2, 0.25) is 0 Å². The van der Waals surface area contributed by atoms with E-state index in [1.165, 1.54) is 13.2 Å². The maximum Gasteiger partial charge on any atom is 0.322 e. The van der Waals surface area contributed by atoms with Gasteiger partial charge in [0.15, 0.2) is 0 Å². The van der Waals surface area contributed by atoms with E-state index in [1.54, 1.807) is 24.1 Å². The van der Waals surface area contributed by atoms with Gasteiger partial charge < -0.3 is 19.7 Å². The van der Waals surface area contributed by atoms with Crippen LogP contribution in [-0.2, 0) is 14.8 Å². The second-order valence-corrected chi connectivity index (χ2v) is 7.41. The van der Waals surface area contributed by atoms with E-state index in [-0.39, 0.29) is 17.8 Å². The van der Waals surface area contributed by atoms with Gasteiger partial charge in [0.2, 0.25) is 10.0 Å². The molecule has 0 radical (unpaired) electrons. The third-order valence-corrected chi connectivity index (χ3v) is 4.33. The molecular formula is C15H23N3O5S. The van der Waals surface area contributed by atoms with Crippen LogP contribution in [0.1, 0.15) is 12.8 Å². The van der Waals surface area contributed by atoms with Gasteiger partial charge in [0.1, 0.15) is 5.75 Å². The van der Waals surface area contributed by atoms with Crippen molar-refractivity contribution in [2.24, 2.45) is 0 Å². The maximum atomic E-state index is 12.4. The fraction of sp³-hybridized carbons (Fsp3) is 0.533. The Hall–Kier alpha value is -2.00. The van der Waals surface area contributed by atoms with E-state index in [4.69, 9.17) is 9.47 Å². The topological polar surface area (TPSA) is 97.0 Å². The van der Waals surface area contributed by atoms with E-state index in [9.17, 15) is 13.2 Å². The summed E-state index contributed by atoms with van der Waals surface area (Å²) in [5, 5.41) is 2.79. The van der Waals surface area contributed by atoms with Gasteiger partial charge in [0.25, 0.3) is 0 Å². The van der Waals surface area contributed by atoms with Crippen LogP contribution in [0.25, 0.3) is 0 Å². The molecule has 1 aromatic rings. The molecule has 134 valence electrons. The predicted molar refractivity (Wildman–Crippen MR) is 92.1 cm³/mol. The highest BCUT2D eigenvalue weighted by Crippen LogP contribution is 2.29. The molecule has 1 saturated heterocycles. The number of benzene rings is 1. The highest BCUT2D eigenvalue weighted by atomic mass is 32.2. The molecule has 2 amide bonds. The molecule has 0 saturated carbocycles. The summed E-state index contributed by atoms with van der Waals surface area (Å²) in [6.07, 6.45) is 2.90. The molecule has 2 N–H and O–H groups in total. The molecule has 9 heteroatoms. The maximum absolute atomic E-state index is 12.4. The van der Waals surface area contributed by atoms with Crippen LogP contribution in [0.15, 0.2) is 18.2 Å². The third kappa shape index (κ3) is 4.75. The summed E-state index contributed by atoms with van der Waals surface area (Å²) < 4.78 is 35.6. The fourth-order valence-corrected chi connectivity index (χ4v) is 3.29. The van der Waals surface area contributed by atoms with Gasteiger partial charge in [-0.1, -0.05) is 0 Å². The van der Waals surface area contributed by atoms with Crippen molar-refractivity contribution < 1.29 is 22.7 Å². The molecule has 1 heterocycles. The second-order valence-electron chi connectivity index (χ2n) is 5.66. The summed E-state index contributed by atoms with van der Waals surface area (Å²) in [6, 6.07) is 4.61. The van der Waals surface area contributed by atoms with Crippen LogP contribution in [-0.4, -0.2) is 59.0 Å². The molecule has 1 aliphatic rings. The van der Waals surface area contributed by atoms with Gasteiger partial charge >= 0.3 is 6.03 Å². The van der Waals surface area contributed by atoms with E-state index in [1.807, 2.05) is 0 Å². The molecule has 0 aromatic heterocycles. The number of hydrogen-bond acceptors (Lipinski definition) is 5. The van der Waals surface area contributed by atoms with Gasteiger partial charge in [0.05, 0.1) is 31.7 Å². The Kier molecular flexibility index (Phi) is 5.89. The first kappa shape index (κ1) is 18.3. The summed E-state index contributed by atoms with van der Waals surface area (Å²) in [6.45, 7) is 1.17. The lowest BCUT2D eigenvalue weighted by atomic mass is 10.2. The summed E-state index contributed by atoms with van der Waals surface area (Å²) in [5.41, 5.74) is 0.752. The minimum atomic E-state index is -3.46. The minimum Gasteiger partial charge on any atom is -0.495 e. The summed E-state index contributed by atoms with van der Waals surface area (Å²) in [4.78, 5) is 14.2. The lowest BCUT2D eigenvalue weighted by Crippen LogP contribution is -2.40. The number of nitrogens with zero attached hydrogens (tertiary/aromatic N) is 1. The number of carbonyl (C=O) groups excluding carboxylic acids is 1. The van der Waals surface area contributed by atoms with Crippen molar-refractivity contribution in [3.8, 4) is 5.75 Å². The number of urea groups is 1. The molecule has 8 nitrogen and oxygen atoms in total. The largest absolute Gasteiger partial charge is 0.495 e. The number of rotatable bonds is 6. The Labute approximate surface area is 142 Å². The lowest BCUT2D eigenvalue weighted by Gasteiger charge is -2.24. The Morgan fingerprint density at radius 1 is 1.38 bits per heavy atom. The zero-order valence-corrected chi connectivity index (χ0v) is 14.9. The zero-order valence-electron chi connectivity index (χ0n) is 14.0. The molecule has 1 aromatic carbocycles. The Bertz CT molecular complexity index is 692. The van der Waals surface area contributed by atoms with Crippen molar-refractivity contribution in [3.63, 3.8) is 0 Å². The second kappa shape index (κ2) is 7.71. The average molecular weight is 357 g/mol. The fourth-order valence-electron chi connectivity index (χ4n) is 2.73. The first-order valence-corrected chi connectivity index (χ1v) is 9.45. The normalized spacial score (nSPS) is 17.6. The number of sulfonamides is 1. The van der Waals surface area contributed by atoms with Gasteiger partial charge in [-0.3, -0.25) is 4.72 Å². The van der Waals surface area contributed by atoms with Gasteiger partial charge in [-0.15, -0.1) is 0 Å². The van der Waals surface area contributed by atoms with Crippen molar-refractivity contribution in [2.45, 2.75) is 18.9 Å². The Morgan fingerprint density at radius 2 is 2.12 bits per heavy atom. The van der Waals surface area contributed by atoms with Gasteiger partial charge in [-0.25, -0.2) is 13.2 Å². The highest BCUT2D eigenvalue weighted by Gasteiger charge is 2.28. The number of ether oxygens (including phenoxy) is 2. The molecule has 1 atom stereocenters. The van der Waals surface area contributed by atoms with E-state index >= 15 is 0 Å². The molecule has 0 spiro atoms. The molecule has 0 unspecified atom stereocenters. The average Bonchev–Trinajstić information content (AvgIpc) is 2.95. The Balaban J connectivity index is 2.14. The number of amides is 2. The van der Waals surface area contributed by atoms with Crippen molar-refractivity contribution in [2.75, 3.05) is 43.7 Å². The Morgan fingerprint density at radius 3 is 2.75 bits per heavy atom. The predicted octanol–water partition coefficient (Wildman–Crippen LogP) is 1.71. The first-order valence-electron chi connectivity index (χ1n) is 7.56. The monoisotopic (exact) mass is 357 g/mol. The van der Waals surface area contributed by atoms with Crippen molar-refractivity contribution in [1.82, 2.24) is 4.90 Å². The van der Waals surface area contributed by atoms with Crippen LogP contribution in [0, 0.1) is 0 Å². The van der Waals surface area contributed by atoms with Crippen LogP contribution in [0.5, 0.6) is 5.75 Å². The SMILES string of the molecule is COC[C@@H]1CCCN1C(=O)Nc1ccc(OC)c(NS(C)(=O)=O)c1. The zero-order chi connectivity index (χ0) is 17.7. The number of anilines is 2. The highest BCUT2D eigenvalue weighted by molar-refractivity contribution is 7.92. The van der Waals surface area contributed by atoms with Crippen LogP contribution >= 0.6 is 0 Å². The van der Waals surface area contributed by atoms with Crippen LogP contribution < -0.4 is 14.8 Å². The molecule has 2 rings (SSSR count). The summed E-state index contributed by atoms with van der Waals surface area (Å²) in [5.74, 6) is 0.372. The number of likely N-dealkylation sites (tertiary alicyclic amines) is 1. The van der Waals surface area contributed by atoms with Crippen LogP contribution in [0.3, 0.4) is 0 Å². The van der Waals surface area contributed by atoms with E-state index < -0.39 is 10.0 Å². The van der Waals surface area contributed by atoms with Crippen LogP contribution in [0.4, 0.5) is 16.2 Å². The van der Waals surface area contributed by atoms with E-state index in [0.29, 0.717) is 24.6 Å².